The fourth-order valence-corrected chi connectivity index (χ4v) is 4.59. The van der Waals surface area contributed by atoms with E-state index < -0.39 is 0 Å². The Morgan fingerprint density at radius 3 is 2.53 bits per heavy atom. The van der Waals surface area contributed by atoms with Crippen LogP contribution in [0.1, 0.15) is 29.1 Å². The number of aromatic nitrogens is 1. The van der Waals surface area contributed by atoms with E-state index in [2.05, 4.69) is 15.2 Å². The number of hydrogen-bond donors (Lipinski definition) is 1. The van der Waals surface area contributed by atoms with Gasteiger partial charge in [0, 0.05) is 27.5 Å². The molecule has 4 aromatic rings. The second-order valence-electron chi connectivity index (χ2n) is 7.64. The van der Waals surface area contributed by atoms with Gasteiger partial charge >= 0.3 is 0 Å². The van der Waals surface area contributed by atoms with Crippen LogP contribution in [0.15, 0.2) is 83.4 Å². The minimum atomic E-state index is -0.228. The lowest BCUT2D eigenvalue weighted by Gasteiger charge is -2.26. The Kier molecular flexibility index (Phi) is 5.64. The fourth-order valence-electron chi connectivity index (χ4n) is 3.94. The SMILES string of the molecule is Cc1ccc(-c2ccc([C@@H]3[C@@H](c4ccccn4)NC(=S)N3c3ccc(Cl)cc3)o2)cc1Cl. The van der Waals surface area contributed by atoms with Gasteiger partial charge in [0.25, 0.3) is 0 Å². The molecule has 0 spiro atoms. The molecule has 0 unspecified atom stereocenters. The number of thiocarbonyl (C=S) groups is 1. The number of rotatable bonds is 4. The van der Waals surface area contributed by atoms with Crippen LogP contribution in [-0.2, 0) is 0 Å². The minimum absolute atomic E-state index is 0.181. The second kappa shape index (κ2) is 8.58. The third-order valence-electron chi connectivity index (χ3n) is 5.58. The molecule has 0 bridgehead atoms. The van der Waals surface area contributed by atoms with Crippen LogP contribution in [0.3, 0.4) is 0 Å². The Bertz CT molecular complexity index is 1270. The molecule has 0 saturated carbocycles. The van der Waals surface area contributed by atoms with Crippen molar-refractivity contribution in [2.24, 2.45) is 0 Å². The second-order valence-corrected chi connectivity index (χ2v) is 8.87. The lowest BCUT2D eigenvalue weighted by atomic mass is 10.0. The number of anilines is 1. The first-order valence-electron chi connectivity index (χ1n) is 10.1. The Labute approximate surface area is 201 Å². The van der Waals surface area contributed by atoms with Crippen LogP contribution in [0, 0.1) is 6.92 Å². The molecule has 1 N–H and O–H groups in total. The number of hydrogen-bond acceptors (Lipinski definition) is 3. The summed E-state index contributed by atoms with van der Waals surface area (Å²) in [6.45, 7) is 1.98. The van der Waals surface area contributed by atoms with Crippen molar-refractivity contribution < 1.29 is 4.42 Å². The zero-order valence-corrected chi connectivity index (χ0v) is 19.5. The highest BCUT2D eigenvalue weighted by Gasteiger charge is 2.42. The van der Waals surface area contributed by atoms with E-state index in [1.54, 1.807) is 6.20 Å². The van der Waals surface area contributed by atoms with Crippen molar-refractivity contribution in [3.05, 3.63) is 106 Å². The van der Waals surface area contributed by atoms with Gasteiger partial charge in [0.2, 0.25) is 0 Å². The molecule has 1 aliphatic heterocycles. The van der Waals surface area contributed by atoms with Gasteiger partial charge in [-0.2, -0.15) is 0 Å². The highest BCUT2D eigenvalue weighted by molar-refractivity contribution is 7.80. The molecule has 160 valence electrons. The zero-order valence-electron chi connectivity index (χ0n) is 17.1. The molecular weight excluding hydrogens is 461 g/mol. The molecule has 2 atom stereocenters. The maximum atomic E-state index is 6.37. The van der Waals surface area contributed by atoms with Crippen molar-refractivity contribution in [3.63, 3.8) is 0 Å². The summed E-state index contributed by atoms with van der Waals surface area (Å²) < 4.78 is 6.37. The van der Waals surface area contributed by atoms with Crippen LogP contribution in [0.4, 0.5) is 5.69 Å². The van der Waals surface area contributed by atoms with Crippen molar-refractivity contribution in [1.29, 1.82) is 0 Å². The average Bonchev–Trinajstić information content (AvgIpc) is 3.41. The Balaban J connectivity index is 1.59. The van der Waals surface area contributed by atoms with Crippen molar-refractivity contribution >= 4 is 46.2 Å². The van der Waals surface area contributed by atoms with Crippen molar-refractivity contribution in [2.75, 3.05) is 4.90 Å². The summed E-state index contributed by atoms with van der Waals surface area (Å²) in [5, 5.41) is 5.40. The zero-order chi connectivity index (χ0) is 22.2. The van der Waals surface area contributed by atoms with E-state index in [9.17, 15) is 0 Å². The van der Waals surface area contributed by atoms with Gasteiger partial charge < -0.3 is 14.6 Å². The topological polar surface area (TPSA) is 41.3 Å². The summed E-state index contributed by atoms with van der Waals surface area (Å²) in [6.07, 6.45) is 1.78. The predicted molar refractivity (Wildman–Crippen MR) is 133 cm³/mol. The van der Waals surface area contributed by atoms with Crippen LogP contribution in [0.2, 0.25) is 10.0 Å². The van der Waals surface area contributed by atoms with Gasteiger partial charge in [-0.3, -0.25) is 4.98 Å². The molecule has 0 amide bonds. The summed E-state index contributed by atoms with van der Waals surface area (Å²) in [7, 11) is 0. The molecule has 7 heteroatoms. The molecule has 3 heterocycles. The monoisotopic (exact) mass is 479 g/mol. The van der Waals surface area contributed by atoms with E-state index >= 15 is 0 Å². The van der Waals surface area contributed by atoms with E-state index in [0.717, 1.165) is 34.0 Å². The normalized spacial score (nSPS) is 18.1. The van der Waals surface area contributed by atoms with Crippen molar-refractivity contribution in [3.8, 4) is 11.3 Å². The van der Waals surface area contributed by atoms with Crippen LogP contribution >= 0.6 is 35.4 Å². The summed E-state index contributed by atoms with van der Waals surface area (Å²) in [5.41, 5.74) is 3.75. The van der Waals surface area contributed by atoms with Crippen molar-refractivity contribution in [1.82, 2.24) is 10.3 Å². The third kappa shape index (κ3) is 3.88. The van der Waals surface area contributed by atoms with Gasteiger partial charge in [-0.25, -0.2) is 0 Å². The molecule has 4 nitrogen and oxygen atoms in total. The Morgan fingerprint density at radius 1 is 1.00 bits per heavy atom. The summed E-state index contributed by atoms with van der Waals surface area (Å²) >= 11 is 18.2. The molecule has 2 aromatic carbocycles. The van der Waals surface area contributed by atoms with Gasteiger partial charge in [-0.15, -0.1) is 0 Å². The first-order valence-corrected chi connectivity index (χ1v) is 11.3. The molecule has 0 radical (unpaired) electrons. The Morgan fingerprint density at radius 2 is 1.81 bits per heavy atom. The number of aryl methyl sites for hydroxylation is 1. The Hall–Kier alpha value is -2.86. The van der Waals surface area contributed by atoms with Crippen LogP contribution < -0.4 is 10.2 Å². The predicted octanol–water partition coefficient (Wildman–Crippen LogP) is 7.13. The van der Waals surface area contributed by atoms with Gasteiger partial charge in [-0.1, -0.05) is 41.4 Å². The smallest absolute Gasteiger partial charge is 0.174 e. The summed E-state index contributed by atoms with van der Waals surface area (Å²) in [6, 6.07) is 22.9. The number of nitrogens with one attached hydrogen (secondary N) is 1. The molecular formula is C25H19Cl2N3OS. The lowest BCUT2D eigenvalue weighted by molar-refractivity contribution is 0.439. The highest BCUT2D eigenvalue weighted by atomic mass is 35.5. The molecule has 1 aliphatic rings. The number of halogens is 2. The highest BCUT2D eigenvalue weighted by Crippen LogP contribution is 2.43. The van der Waals surface area contributed by atoms with E-state index in [1.807, 2.05) is 79.7 Å². The van der Waals surface area contributed by atoms with Crippen LogP contribution in [0.25, 0.3) is 11.3 Å². The fraction of sp³-hybridized carbons (Fsp3) is 0.120. The maximum Gasteiger partial charge on any atom is 0.174 e. The van der Waals surface area contributed by atoms with Gasteiger partial charge in [0.1, 0.15) is 17.6 Å². The quantitative estimate of drug-likeness (QED) is 0.315. The number of benzene rings is 2. The molecule has 0 aliphatic carbocycles. The molecule has 2 aromatic heterocycles. The lowest BCUT2D eigenvalue weighted by Crippen LogP contribution is -2.29. The van der Waals surface area contributed by atoms with E-state index in [-0.39, 0.29) is 12.1 Å². The molecule has 5 rings (SSSR count). The molecule has 1 saturated heterocycles. The summed E-state index contributed by atoms with van der Waals surface area (Å²) in [5.74, 6) is 1.52. The van der Waals surface area contributed by atoms with Gasteiger partial charge in [0.15, 0.2) is 5.11 Å². The third-order valence-corrected chi connectivity index (χ3v) is 6.55. The van der Waals surface area contributed by atoms with Crippen LogP contribution in [-0.4, -0.2) is 10.1 Å². The van der Waals surface area contributed by atoms with E-state index in [4.69, 9.17) is 39.8 Å². The molecule has 1 fully saturated rings. The number of pyridine rings is 1. The first kappa shape index (κ1) is 21.0. The number of nitrogens with zero attached hydrogens (tertiary/aromatic N) is 2. The molecule has 32 heavy (non-hydrogen) atoms. The van der Waals surface area contributed by atoms with Gasteiger partial charge in [0.05, 0.1) is 11.7 Å². The summed E-state index contributed by atoms with van der Waals surface area (Å²) in [4.78, 5) is 6.62. The van der Waals surface area contributed by atoms with Crippen molar-refractivity contribution in [2.45, 2.75) is 19.0 Å². The average molecular weight is 480 g/mol. The number of furan rings is 1. The van der Waals surface area contributed by atoms with Crippen LogP contribution in [0.5, 0.6) is 0 Å². The largest absolute Gasteiger partial charge is 0.459 e. The minimum Gasteiger partial charge on any atom is -0.459 e. The maximum absolute atomic E-state index is 6.37. The first-order chi connectivity index (χ1) is 15.5. The van der Waals surface area contributed by atoms with Gasteiger partial charge in [-0.05, 0) is 79.3 Å². The standard InChI is InChI=1S/C25H19Cl2N3OS/c1-15-5-6-16(14-19(15)27)21-11-12-22(31-21)24-23(20-4-2-3-13-28-20)29-25(32)30(24)18-9-7-17(26)8-10-18/h2-14,23-24H,1H3,(H,29,32)/t23-,24-/m1/s1. The van der Waals surface area contributed by atoms with E-state index in [1.165, 1.54) is 0 Å². The van der Waals surface area contributed by atoms with E-state index in [0.29, 0.717) is 15.2 Å².